The van der Waals surface area contributed by atoms with Crippen molar-refractivity contribution in [1.82, 2.24) is 4.31 Å². The van der Waals surface area contributed by atoms with Crippen molar-refractivity contribution in [3.05, 3.63) is 41.5 Å². The Kier molecular flexibility index (Phi) is 4.42. The van der Waals surface area contributed by atoms with Gasteiger partial charge in [0.2, 0.25) is 10.0 Å². The molecule has 0 saturated carbocycles. The summed E-state index contributed by atoms with van der Waals surface area (Å²) in [5.74, 6) is -0.199. The SMILES string of the molecule is Cc1ccc(S(=O)(=O)N2C/C(=C/C#N)C(CC#N)C2)cc1. The van der Waals surface area contributed by atoms with Crippen LogP contribution in [0.15, 0.2) is 40.8 Å². The number of benzene rings is 1. The van der Waals surface area contributed by atoms with Gasteiger partial charge in [-0.2, -0.15) is 14.8 Å². The highest BCUT2D eigenvalue weighted by molar-refractivity contribution is 7.89. The summed E-state index contributed by atoms with van der Waals surface area (Å²) < 4.78 is 26.5. The van der Waals surface area contributed by atoms with Gasteiger partial charge in [-0.05, 0) is 24.6 Å². The second-order valence-corrected chi connectivity index (χ2v) is 6.96. The Bertz CT molecular complexity index is 737. The molecule has 1 fully saturated rings. The van der Waals surface area contributed by atoms with Crippen LogP contribution in [0.5, 0.6) is 0 Å². The van der Waals surface area contributed by atoms with Crippen LogP contribution < -0.4 is 0 Å². The normalized spacial score (nSPS) is 21.1. The molecule has 5 nitrogen and oxygen atoms in total. The smallest absolute Gasteiger partial charge is 0.207 e. The number of nitriles is 2. The molecule has 2 rings (SSSR count). The molecule has 0 bridgehead atoms. The number of rotatable bonds is 3. The molecule has 1 aliphatic rings. The minimum atomic E-state index is -3.58. The Labute approximate surface area is 124 Å². The van der Waals surface area contributed by atoms with Gasteiger partial charge in [-0.3, -0.25) is 0 Å². The molecule has 0 amide bonds. The summed E-state index contributed by atoms with van der Waals surface area (Å²) in [5.41, 5.74) is 1.69. The lowest BCUT2D eigenvalue weighted by Crippen LogP contribution is -2.28. The second-order valence-electron chi connectivity index (χ2n) is 5.02. The lowest BCUT2D eigenvalue weighted by Gasteiger charge is -2.15. The third-order valence-corrected chi connectivity index (χ3v) is 5.38. The maximum Gasteiger partial charge on any atom is 0.243 e. The highest BCUT2D eigenvalue weighted by atomic mass is 32.2. The van der Waals surface area contributed by atoms with Crippen LogP contribution in [0.25, 0.3) is 0 Å². The van der Waals surface area contributed by atoms with Crippen LogP contribution in [0.4, 0.5) is 0 Å². The van der Waals surface area contributed by atoms with Crippen LogP contribution in [0.3, 0.4) is 0 Å². The van der Waals surface area contributed by atoms with Crippen LogP contribution in [0.1, 0.15) is 12.0 Å². The number of aryl methyl sites for hydroxylation is 1. The maximum atomic E-state index is 12.6. The predicted octanol–water partition coefficient (Wildman–Crippen LogP) is 1.98. The van der Waals surface area contributed by atoms with E-state index >= 15 is 0 Å². The highest BCUT2D eigenvalue weighted by Gasteiger charge is 2.35. The molecule has 108 valence electrons. The number of allylic oxidation sites excluding steroid dienone is 1. The summed E-state index contributed by atoms with van der Waals surface area (Å²) in [6, 6.07) is 10.6. The molecule has 1 saturated heterocycles. The Morgan fingerprint density at radius 1 is 1.33 bits per heavy atom. The van der Waals surface area contributed by atoms with E-state index in [2.05, 4.69) is 0 Å². The van der Waals surface area contributed by atoms with E-state index in [1.807, 2.05) is 19.1 Å². The first-order chi connectivity index (χ1) is 9.98. The molecule has 1 aliphatic heterocycles. The molecule has 1 heterocycles. The molecular formula is C15H15N3O2S. The van der Waals surface area contributed by atoms with E-state index in [4.69, 9.17) is 10.5 Å². The number of nitrogens with zero attached hydrogens (tertiary/aromatic N) is 3. The van der Waals surface area contributed by atoms with E-state index in [9.17, 15) is 8.42 Å². The van der Waals surface area contributed by atoms with Gasteiger partial charge in [0.25, 0.3) is 0 Å². The predicted molar refractivity (Wildman–Crippen MR) is 77.4 cm³/mol. The van der Waals surface area contributed by atoms with Crippen molar-refractivity contribution in [3.63, 3.8) is 0 Å². The topological polar surface area (TPSA) is 85.0 Å². The van der Waals surface area contributed by atoms with Crippen molar-refractivity contribution < 1.29 is 8.42 Å². The second kappa shape index (κ2) is 6.09. The first kappa shape index (κ1) is 15.2. The average molecular weight is 301 g/mol. The van der Waals surface area contributed by atoms with E-state index in [-0.39, 0.29) is 30.3 Å². The molecule has 6 heteroatoms. The zero-order valence-corrected chi connectivity index (χ0v) is 12.5. The largest absolute Gasteiger partial charge is 0.243 e. The fraction of sp³-hybridized carbons (Fsp3) is 0.333. The van der Waals surface area contributed by atoms with E-state index in [1.54, 1.807) is 24.3 Å². The molecule has 1 unspecified atom stereocenters. The zero-order chi connectivity index (χ0) is 15.5. The van der Waals surface area contributed by atoms with Crippen molar-refractivity contribution in [2.24, 2.45) is 5.92 Å². The van der Waals surface area contributed by atoms with Crippen molar-refractivity contribution in [2.75, 3.05) is 13.1 Å². The molecule has 0 N–H and O–H groups in total. The van der Waals surface area contributed by atoms with Gasteiger partial charge in [0.1, 0.15) is 0 Å². The van der Waals surface area contributed by atoms with Gasteiger partial charge in [0.05, 0.1) is 17.0 Å². The van der Waals surface area contributed by atoms with Gasteiger partial charge in [-0.1, -0.05) is 17.7 Å². The summed E-state index contributed by atoms with van der Waals surface area (Å²) in [6.45, 7) is 2.32. The Hall–Kier alpha value is -2.15. The first-order valence-corrected chi connectivity index (χ1v) is 7.95. The van der Waals surface area contributed by atoms with Crippen LogP contribution in [0.2, 0.25) is 0 Å². The van der Waals surface area contributed by atoms with E-state index in [0.29, 0.717) is 5.57 Å². The molecule has 0 aromatic heterocycles. The Morgan fingerprint density at radius 2 is 2.00 bits per heavy atom. The number of hydrogen-bond donors (Lipinski definition) is 0. The van der Waals surface area contributed by atoms with Crippen molar-refractivity contribution >= 4 is 10.0 Å². The summed E-state index contributed by atoms with van der Waals surface area (Å²) in [7, 11) is -3.58. The third kappa shape index (κ3) is 3.13. The van der Waals surface area contributed by atoms with Gasteiger partial charge in [-0.25, -0.2) is 8.42 Å². The summed E-state index contributed by atoms with van der Waals surface area (Å²) in [5, 5.41) is 17.6. The lowest BCUT2D eigenvalue weighted by atomic mass is 10.00. The summed E-state index contributed by atoms with van der Waals surface area (Å²) in [4.78, 5) is 0.238. The fourth-order valence-electron chi connectivity index (χ4n) is 2.36. The first-order valence-electron chi connectivity index (χ1n) is 6.51. The fourth-order valence-corrected chi connectivity index (χ4v) is 3.83. The minimum absolute atomic E-state index is 0.177. The van der Waals surface area contributed by atoms with Crippen LogP contribution in [-0.4, -0.2) is 25.8 Å². The highest BCUT2D eigenvalue weighted by Crippen LogP contribution is 2.30. The molecule has 1 aromatic carbocycles. The van der Waals surface area contributed by atoms with E-state index < -0.39 is 10.0 Å². The Morgan fingerprint density at radius 3 is 2.57 bits per heavy atom. The maximum absolute atomic E-state index is 12.6. The van der Waals surface area contributed by atoms with Crippen molar-refractivity contribution in [2.45, 2.75) is 18.2 Å². The molecule has 0 aliphatic carbocycles. The third-order valence-electron chi connectivity index (χ3n) is 3.55. The quantitative estimate of drug-likeness (QED) is 0.799. The average Bonchev–Trinajstić information content (AvgIpc) is 2.84. The Balaban J connectivity index is 2.31. The molecule has 1 aromatic rings. The molecule has 1 atom stereocenters. The molecule has 21 heavy (non-hydrogen) atoms. The summed E-state index contributed by atoms with van der Waals surface area (Å²) in [6.07, 6.45) is 1.57. The van der Waals surface area contributed by atoms with Crippen LogP contribution >= 0.6 is 0 Å². The monoisotopic (exact) mass is 301 g/mol. The van der Waals surface area contributed by atoms with E-state index in [1.165, 1.54) is 10.4 Å². The number of sulfonamides is 1. The number of hydrogen-bond acceptors (Lipinski definition) is 4. The zero-order valence-electron chi connectivity index (χ0n) is 11.7. The van der Waals surface area contributed by atoms with Crippen molar-refractivity contribution in [3.8, 4) is 12.1 Å². The van der Waals surface area contributed by atoms with Gasteiger partial charge in [-0.15, -0.1) is 0 Å². The lowest BCUT2D eigenvalue weighted by molar-refractivity contribution is 0.459. The van der Waals surface area contributed by atoms with Gasteiger partial charge in [0, 0.05) is 31.5 Å². The van der Waals surface area contributed by atoms with Gasteiger partial charge in [0.15, 0.2) is 0 Å². The van der Waals surface area contributed by atoms with E-state index in [0.717, 1.165) is 5.56 Å². The van der Waals surface area contributed by atoms with Crippen molar-refractivity contribution in [1.29, 1.82) is 10.5 Å². The standard InChI is InChI=1S/C15H15N3O2S/c1-12-2-4-15(5-3-12)21(19,20)18-10-13(6-8-16)14(11-18)7-9-17/h2-6,14H,7,10-11H2,1H3/b13-6-. The summed E-state index contributed by atoms with van der Waals surface area (Å²) >= 11 is 0. The molecule has 0 radical (unpaired) electrons. The minimum Gasteiger partial charge on any atom is -0.207 e. The van der Waals surface area contributed by atoms with Crippen LogP contribution in [-0.2, 0) is 10.0 Å². The van der Waals surface area contributed by atoms with Gasteiger partial charge >= 0.3 is 0 Å². The molecular weight excluding hydrogens is 286 g/mol. The van der Waals surface area contributed by atoms with Gasteiger partial charge < -0.3 is 0 Å². The van der Waals surface area contributed by atoms with Crippen LogP contribution in [0, 0.1) is 35.5 Å². The molecule has 0 spiro atoms.